The molecule has 2 N–H and O–H groups in total. The van der Waals surface area contributed by atoms with E-state index in [-0.39, 0.29) is 18.7 Å². The van der Waals surface area contributed by atoms with Crippen molar-refractivity contribution in [3.05, 3.63) is 54.3 Å². The summed E-state index contributed by atoms with van der Waals surface area (Å²) < 4.78 is 6.75. The van der Waals surface area contributed by atoms with Crippen LogP contribution in [0.3, 0.4) is 0 Å². The molecule has 9 nitrogen and oxygen atoms in total. The zero-order chi connectivity index (χ0) is 17.6. The third-order valence-electron chi connectivity index (χ3n) is 3.42. The lowest BCUT2D eigenvalue weighted by atomic mass is 10.3. The highest BCUT2D eigenvalue weighted by Gasteiger charge is 2.13. The highest BCUT2D eigenvalue weighted by Crippen LogP contribution is 2.12. The fourth-order valence-corrected chi connectivity index (χ4v) is 2.13. The Morgan fingerprint density at radius 2 is 2.08 bits per heavy atom. The predicted molar refractivity (Wildman–Crippen MR) is 86.9 cm³/mol. The first-order valence-corrected chi connectivity index (χ1v) is 7.58. The van der Waals surface area contributed by atoms with E-state index in [4.69, 9.17) is 4.52 Å². The Hall–Kier alpha value is -3.49. The fraction of sp³-hybridized carbons (Fsp3) is 0.188. The highest BCUT2D eigenvalue weighted by molar-refractivity contribution is 5.94. The van der Waals surface area contributed by atoms with Crippen molar-refractivity contribution in [2.75, 3.05) is 0 Å². The van der Waals surface area contributed by atoms with Crippen molar-refractivity contribution in [2.24, 2.45) is 7.05 Å². The van der Waals surface area contributed by atoms with E-state index < -0.39 is 5.91 Å². The van der Waals surface area contributed by atoms with Crippen LogP contribution in [0.4, 0.5) is 0 Å². The van der Waals surface area contributed by atoms with Gasteiger partial charge in [0.1, 0.15) is 11.4 Å². The first-order valence-electron chi connectivity index (χ1n) is 7.58. The Morgan fingerprint density at radius 1 is 1.20 bits per heavy atom. The van der Waals surface area contributed by atoms with E-state index in [1.54, 1.807) is 48.3 Å². The number of nitrogens with one attached hydrogen (secondary N) is 2. The molecule has 0 unspecified atom stereocenters. The summed E-state index contributed by atoms with van der Waals surface area (Å²) in [4.78, 5) is 32.0. The molecule has 0 saturated carbocycles. The van der Waals surface area contributed by atoms with Crippen LogP contribution in [0.15, 0.2) is 47.2 Å². The minimum Gasteiger partial charge on any atom is -0.347 e. The Labute approximate surface area is 143 Å². The second kappa shape index (κ2) is 7.39. The third-order valence-corrected chi connectivity index (χ3v) is 3.42. The lowest BCUT2D eigenvalue weighted by molar-refractivity contribution is -0.121. The van der Waals surface area contributed by atoms with Gasteiger partial charge in [-0.05, 0) is 24.3 Å². The number of amides is 2. The number of hydrogen-bond donors (Lipinski definition) is 2. The van der Waals surface area contributed by atoms with Gasteiger partial charge >= 0.3 is 0 Å². The molecule has 0 saturated heterocycles. The molecule has 3 aromatic rings. The quantitative estimate of drug-likeness (QED) is 0.666. The molecular weight excluding hydrogens is 324 g/mol. The lowest BCUT2D eigenvalue weighted by Crippen LogP contribution is -2.42. The smallest absolute Gasteiger partial charge is 0.286 e. The van der Waals surface area contributed by atoms with Crippen LogP contribution in [0.1, 0.15) is 22.8 Å². The molecule has 2 amide bonds. The first kappa shape index (κ1) is 16.4. The zero-order valence-corrected chi connectivity index (χ0v) is 13.5. The summed E-state index contributed by atoms with van der Waals surface area (Å²) in [6, 6.07) is 8.77. The molecule has 0 radical (unpaired) electrons. The molecular formula is C16H16N6O3. The maximum atomic E-state index is 11.9. The number of rotatable bonds is 5. The zero-order valence-electron chi connectivity index (χ0n) is 13.5. The number of pyridine rings is 1. The Bertz CT molecular complexity index is 871. The summed E-state index contributed by atoms with van der Waals surface area (Å²) in [7, 11) is 1.74. The summed E-state index contributed by atoms with van der Waals surface area (Å²) in [5.41, 5.74) is 5.75. The molecule has 0 bridgehead atoms. The van der Waals surface area contributed by atoms with Crippen molar-refractivity contribution >= 4 is 11.8 Å². The van der Waals surface area contributed by atoms with Gasteiger partial charge in [0, 0.05) is 32.3 Å². The van der Waals surface area contributed by atoms with Crippen LogP contribution < -0.4 is 10.9 Å². The maximum absolute atomic E-state index is 11.9. The minimum absolute atomic E-state index is 0.0945. The lowest BCUT2D eigenvalue weighted by Gasteiger charge is -2.07. The summed E-state index contributed by atoms with van der Waals surface area (Å²) in [6.07, 6.45) is 3.72. The predicted octanol–water partition coefficient (Wildman–Crippen LogP) is 0.864. The average molecular weight is 340 g/mol. The number of aryl methyl sites for hydroxylation is 2. The molecule has 0 aromatic carbocycles. The van der Waals surface area contributed by atoms with Gasteiger partial charge in [-0.15, -0.1) is 0 Å². The average Bonchev–Trinajstić information content (AvgIpc) is 3.27. The molecule has 9 heteroatoms. The van der Waals surface area contributed by atoms with Crippen LogP contribution in [0.25, 0.3) is 11.5 Å². The molecule has 0 aliphatic heterocycles. The molecule has 0 aliphatic rings. The molecule has 0 fully saturated rings. The van der Waals surface area contributed by atoms with E-state index in [0.717, 1.165) is 0 Å². The van der Waals surface area contributed by atoms with Crippen LogP contribution in [0, 0.1) is 0 Å². The SMILES string of the molecule is Cn1cccc1C(=O)NNC(=O)CCc1nc(-c2ccccn2)no1. The van der Waals surface area contributed by atoms with Crippen molar-refractivity contribution in [1.82, 2.24) is 30.5 Å². The van der Waals surface area contributed by atoms with E-state index in [1.165, 1.54) is 0 Å². The van der Waals surface area contributed by atoms with Gasteiger partial charge in [0.15, 0.2) is 0 Å². The second-order valence-electron chi connectivity index (χ2n) is 5.23. The molecule has 0 spiro atoms. The molecule has 3 rings (SSSR count). The molecule has 128 valence electrons. The molecule has 3 aromatic heterocycles. The van der Waals surface area contributed by atoms with E-state index in [1.807, 2.05) is 6.07 Å². The maximum Gasteiger partial charge on any atom is 0.286 e. The normalized spacial score (nSPS) is 10.4. The standard InChI is InChI=1S/C16H16N6O3/c1-22-10-4-6-12(22)16(24)20-19-13(23)7-8-14-18-15(21-25-14)11-5-2-3-9-17-11/h2-6,9-10H,7-8H2,1H3,(H,19,23)(H,20,24). The van der Waals surface area contributed by atoms with Crippen LogP contribution in [0.5, 0.6) is 0 Å². The van der Waals surface area contributed by atoms with Crippen molar-refractivity contribution in [1.29, 1.82) is 0 Å². The van der Waals surface area contributed by atoms with E-state index in [2.05, 4.69) is 26.0 Å². The number of hydrogen-bond acceptors (Lipinski definition) is 6. The second-order valence-corrected chi connectivity index (χ2v) is 5.23. The molecule has 0 aliphatic carbocycles. The molecule has 25 heavy (non-hydrogen) atoms. The largest absolute Gasteiger partial charge is 0.347 e. The molecule has 3 heterocycles. The number of carbonyl (C=O) groups is 2. The van der Waals surface area contributed by atoms with E-state index >= 15 is 0 Å². The van der Waals surface area contributed by atoms with E-state index in [0.29, 0.717) is 23.1 Å². The van der Waals surface area contributed by atoms with Crippen molar-refractivity contribution in [3.63, 3.8) is 0 Å². The Balaban J connectivity index is 1.47. The van der Waals surface area contributed by atoms with Gasteiger partial charge in [0.05, 0.1) is 0 Å². The first-order chi connectivity index (χ1) is 12.1. The topological polar surface area (TPSA) is 115 Å². The van der Waals surface area contributed by atoms with Gasteiger partial charge in [0.2, 0.25) is 17.6 Å². The third kappa shape index (κ3) is 4.08. The number of hydrazine groups is 1. The Morgan fingerprint density at radius 3 is 2.80 bits per heavy atom. The van der Waals surface area contributed by atoms with Crippen LogP contribution in [-0.2, 0) is 18.3 Å². The monoisotopic (exact) mass is 340 g/mol. The van der Waals surface area contributed by atoms with Crippen LogP contribution in [-0.4, -0.2) is 31.5 Å². The van der Waals surface area contributed by atoms with Gasteiger partial charge in [-0.1, -0.05) is 11.2 Å². The fourth-order valence-electron chi connectivity index (χ4n) is 2.13. The van der Waals surface area contributed by atoms with E-state index in [9.17, 15) is 9.59 Å². The summed E-state index contributed by atoms with van der Waals surface area (Å²) >= 11 is 0. The van der Waals surface area contributed by atoms with Gasteiger partial charge in [-0.3, -0.25) is 25.4 Å². The Kier molecular flexibility index (Phi) is 4.84. The van der Waals surface area contributed by atoms with Gasteiger partial charge in [0.25, 0.3) is 5.91 Å². The van der Waals surface area contributed by atoms with Crippen molar-refractivity contribution in [3.8, 4) is 11.5 Å². The minimum atomic E-state index is -0.393. The van der Waals surface area contributed by atoms with Crippen LogP contribution in [0.2, 0.25) is 0 Å². The summed E-state index contributed by atoms with van der Waals surface area (Å²) in [6.45, 7) is 0. The van der Waals surface area contributed by atoms with Gasteiger partial charge in [-0.2, -0.15) is 4.98 Å². The molecule has 0 atom stereocenters. The van der Waals surface area contributed by atoms with Crippen molar-refractivity contribution in [2.45, 2.75) is 12.8 Å². The highest BCUT2D eigenvalue weighted by atomic mass is 16.5. The number of nitrogens with zero attached hydrogens (tertiary/aromatic N) is 4. The van der Waals surface area contributed by atoms with Crippen molar-refractivity contribution < 1.29 is 14.1 Å². The van der Waals surface area contributed by atoms with Gasteiger partial charge in [-0.25, -0.2) is 0 Å². The van der Waals surface area contributed by atoms with Crippen LogP contribution >= 0.6 is 0 Å². The van der Waals surface area contributed by atoms with Gasteiger partial charge < -0.3 is 9.09 Å². The summed E-state index contributed by atoms with van der Waals surface area (Å²) in [5, 5.41) is 3.83. The number of aromatic nitrogens is 4. The summed E-state index contributed by atoms with van der Waals surface area (Å²) in [5.74, 6) is -0.0613. The number of carbonyl (C=O) groups excluding carboxylic acids is 2.